The van der Waals surface area contributed by atoms with Gasteiger partial charge in [0.15, 0.2) is 0 Å². The molecule has 0 fully saturated rings. The summed E-state index contributed by atoms with van der Waals surface area (Å²) in [5.74, 6) is 0.963. The Balaban J connectivity index is 1.88. The van der Waals surface area contributed by atoms with Crippen LogP contribution in [0.5, 0.6) is 0 Å². The number of unbranched alkanes of at least 4 members (excludes halogenated alkanes) is 9. The van der Waals surface area contributed by atoms with E-state index in [1.807, 2.05) is 30.3 Å². The zero-order valence-corrected chi connectivity index (χ0v) is 14.3. The second-order valence-corrected chi connectivity index (χ2v) is 6.75. The molecule has 0 N–H and O–H groups in total. The van der Waals surface area contributed by atoms with Gasteiger partial charge < -0.3 is 0 Å². The van der Waals surface area contributed by atoms with Gasteiger partial charge in [-0.15, -0.1) is 0 Å². The topological polar surface area (TPSA) is 17.1 Å². The van der Waals surface area contributed by atoms with Gasteiger partial charge in [0, 0.05) is 11.3 Å². The van der Waals surface area contributed by atoms with Gasteiger partial charge in [0.25, 0.3) is 0 Å². The molecule has 1 aromatic rings. The van der Waals surface area contributed by atoms with E-state index >= 15 is 0 Å². The largest absolute Gasteiger partial charge is 0.282 e. The number of rotatable bonds is 12. The summed E-state index contributed by atoms with van der Waals surface area (Å²) in [4.78, 5) is 11.9. The number of hydrogen-bond donors (Lipinski definition) is 0. The molecule has 21 heavy (non-hydrogen) atoms. The number of carbonyl (C=O) groups excluding carboxylic acids is 1. The second-order valence-electron chi connectivity index (χ2n) is 5.68. The van der Waals surface area contributed by atoms with E-state index in [-0.39, 0.29) is 5.12 Å². The van der Waals surface area contributed by atoms with E-state index in [1.54, 1.807) is 0 Å². The molecule has 2 heteroatoms. The maximum atomic E-state index is 11.9. The van der Waals surface area contributed by atoms with E-state index in [4.69, 9.17) is 0 Å². The van der Waals surface area contributed by atoms with E-state index in [1.165, 1.54) is 76.0 Å². The number of carbonyl (C=O) groups is 1. The predicted octanol–water partition coefficient (Wildman–Crippen LogP) is 6.48. The Hall–Kier alpha value is -0.760. The molecule has 0 saturated carbocycles. The van der Waals surface area contributed by atoms with Gasteiger partial charge in [-0.1, -0.05) is 107 Å². The Bertz CT molecular complexity index is 361. The summed E-state index contributed by atoms with van der Waals surface area (Å²) in [7, 11) is 0. The fourth-order valence-electron chi connectivity index (χ4n) is 2.41. The molecule has 1 nitrogen and oxygen atoms in total. The molecule has 118 valence electrons. The van der Waals surface area contributed by atoms with Gasteiger partial charge >= 0.3 is 0 Å². The van der Waals surface area contributed by atoms with Crippen LogP contribution in [0.1, 0.15) is 81.5 Å². The summed E-state index contributed by atoms with van der Waals surface area (Å²) < 4.78 is 0. The van der Waals surface area contributed by atoms with Gasteiger partial charge in [-0.3, -0.25) is 4.79 Å². The number of hydrogen-bond acceptors (Lipinski definition) is 2. The predicted molar refractivity (Wildman–Crippen MR) is 95.1 cm³/mol. The van der Waals surface area contributed by atoms with Crippen molar-refractivity contribution >= 4 is 16.9 Å². The maximum Gasteiger partial charge on any atom is 0.219 e. The smallest absolute Gasteiger partial charge is 0.219 e. The maximum absolute atomic E-state index is 11.9. The SMILES string of the molecule is CCCCCCCCCCCCSC(=O)c1ccccc1. The molecule has 0 aromatic heterocycles. The van der Waals surface area contributed by atoms with Crippen LogP contribution >= 0.6 is 11.8 Å². The van der Waals surface area contributed by atoms with Crippen LogP contribution in [0.15, 0.2) is 30.3 Å². The van der Waals surface area contributed by atoms with E-state index in [9.17, 15) is 4.79 Å². The van der Waals surface area contributed by atoms with Crippen LogP contribution in [0.4, 0.5) is 0 Å². The monoisotopic (exact) mass is 306 g/mol. The Morgan fingerprint density at radius 1 is 0.810 bits per heavy atom. The van der Waals surface area contributed by atoms with Crippen molar-refractivity contribution in [3.8, 4) is 0 Å². The van der Waals surface area contributed by atoms with Crippen molar-refractivity contribution in [2.75, 3.05) is 5.75 Å². The van der Waals surface area contributed by atoms with Crippen molar-refractivity contribution < 1.29 is 4.79 Å². The summed E-state index contributed by atoms with van der Waals surface area (Å²) in [6.45, 7) is 2.26. The lowest BCUT2D eigenvalue weighted by molar-refractivity contribution is 0.108. The third-order valence-corrected chi connectivity index (χ3v) is 4.73. The lowest BCUT2D eigenvalue weighted by Gasteiger charge is -2.03. The molecule has 0 amide bonds. The van der Waals surface area contributed by atoms with Gasteiger partial charge in [0.1, 0.15) is 0 Å². The van der Waals surface area contributed by atoms with E-state index in [0.717, 1.165) is 11.3 Å². The molecule has 0 aliphatic carbocycles. The van der Waals surface area contributed by atoms with Crippen molar-refractivity contribution in [2.45, 2.75) is 71.1 Å². The van der Waals surface area contributed by atoms with Crippen molar-refractivity contribution in [1.82, 2.24) is 0 Å². The quantitative estimate of drug-likeness (QED) is 0.411. The first kappa shape index (κ1) is 18.3. The lowest BCUT2D eigenvalue weighted by Crippen LogP contribution is -1.94. The molecular weight excluding hydrogens is 276 g/mol. The second kappa shape index (κ2) is 12.9. The molecule has 0 aliphatic heterocycles. The van der Waals surface area contributed by atoms with E-state index < -0.39 is 0 Å². The Morgan fingerprint density at radius 2 is 1.33 bits per heavy atom. The molecular formula is C19H30OS. The van der Waals surface area contributed by atoms with Gasteiger partial charge in [0.05, 0.1) is 0 Å². The van der Waals surface area contributed by atoms with Gasteiger partial charge in [-0.05, 0) is 6.42 Å². The Labute approximate surface area is 134 Å². The highest BCUT2D eigenvalue weighted by Crippen LogP contribution is 2.16. The van der Waals surface area contributed by atoms with Crippen molar-refractivity contribution in [3.05, 3.63) is 35.9 Å². The molecule has 0 atom stereocenters. The fourth-order valence-corrected chi connectivity index (χ4v) is 3.25. The molecule has 0 unspecified atom stereocenters. The van der Waals surface area contributed by atoms with Crippen molar-refractivity contribution in [1.29, 1.82) is 0 Å². The first-order chi connectivity index (χ1) is 10.3. The lowest BCUT2D eigenvalue weighted by atomic mass is 10.1. The highest BCUT2D eigenvalue weighted by molar-refractivity contribution is 8.14. The van der Waals surface area contributed by atoms with Crippen LogP contribution in [0.25, 0.3) is 0 Å². The molecule has 0 bridgehead atoms. The minimum atomic E-state index is 0.214. The first-order valence-electron chi connectivity index (χ1n) is 8.56. The van der Waals surface area contributed by atoms with Crippen molar-refractivity contribution in [2.24, 2.45) is 0 Å². The summed E-state index contributed by atoms with van der Waals surface area (Å²) >= 11 is 1.47. The van der Waals surface area contributed by atoms with Crippen LogP contribution in [-0.2, 0) is 0 Å². The number of thioether (sulfide) groups is 1. The molecule has 0 saturated heterocycles. The standard InChI is InChI=1S/C19H30OS/c1-2-3-4-5-6-7-8-9-10-14-17-21-19(20)18-15-12-11-13-16-18/h11-13,15-16H,2-10,14,17H2,1H3. The highest BCUT2D eigenvalue weighted by Gasteiger charge is 2.04. The first-order valence-corrected chi connectivity index (χ1v) is 9.55. The van der Waals surface area contributed by atoms with Crippen LogP contribution < -0.4 is 0 Å². The average Bonchev–Trinajstić information content (AvgIpc) is 2.53. The van der Waals surface area contributed by atoms with Gasteiger partial charge in [-0.25, -0.2) is 0 Å². The molecule has 0 spiro atoms. The zero-order valence-electron chi connectivity index (χ0n) is 13.5. The van der Waals surface area contributed by atoms with Crippen LogP contribution in [0.3, 0.4) is 0 Å². The summed E-state index contributed by atoms with van der Waals surface area (Å²) in [6.07, 6.45) is 13.5. The van der Waals surface area contributed by atoms with E-state index in [2.05, 4.69) is 6.92 Å². The zero-order chi connectivity index (χ0) is 15.2. The van der Waals surface area contributed by atoms with Crippen LogP contribution in [-0.4, -0.2) is 10.9 Å². The highest BCUT2D eigenvalue weighted by atomic mass is 32.2. The molecule has 0 aliphatic rings. The molecule has 0 radical (unpaired) electrons. The molecule has 1 rings (SSSR count). The van der Waals surface area contributed by atoms with Crippen LogP contribution in [0, 0.1) is 0 Å². The molecule has 1 aromatic carbocycles. The minimum Gasteiger partial charge on any atom is -0.282 e. The van der Waals surface area contributed by atoms with Crippen LogP contribution in [0.2, 0.25) is 0 Å². The normalized spacial score (nSPS) is 10.7. The van der Waals surface area contributed by atoms with E-state index in [0.29, 0.717) is 0 Å². The Morgan fingerprint density at radius 3 is 1.90 bits per heavy atom. The van der Waals surface area contributed by atoms with Crippen molar-refractivity contribution in [3.63, 3.8) is 0 Å². The van der Waals surface area contributed by atoms with Gasteiger partial charge in [-0.2, -0.15) is 0 Å². The fraction of sp³-hybridized carbons (Fsp3) is 0.632. The molecule has 0 heterocycles. The minimum absolute atomic E-state index is 0.214. The van der Waals surface area contributed by atoms with Gasteiger partial charge in [0.2, 0.25) is 5.12 Å². The number of benzene rings is 1. The summed E-state index contributed by atoms with van der Waals surface area (Å²) in [5, 5.41) is 0.214. The average molecular weight is 307 g/mol. The summed E-state index contributed by atoms with van der Waals surface area (Å²) in [5.41, 5.74) is 0.828. The third-order valence-electron chi connectivity index (χ3n) is 3.74. The third kappa shape index (κ3) is 9.73. The Kier molecular flexibility index (Phi) is 11.3. The summed E-state index contributed by atoms with van der Waals surface area (Å²) in [6, 6.07) is 9.59.